The topological polar surface area (TPSA) is 171 Å². The Morgan fingerprint density at radius 2 is 1.78 bits per heavy atom. The number of carbonyl (C=O) groups is 4. The first-order valence-electron chi connectivity index (χ1n) is 22.5. The number of H-pyrrole nitrogens is 1. The second-order valence-corrected chi connectivity index (χ2v) is 17.9. The summed E-state index contributed by atoms with van der Waals surface area (Å²) in [4.78, 5) is 66.5. The first-order chi connectivity index (χ1) is 30.0. The van der Waals surface area contributed by atoms with E-state index < -0.39 is 70.4 Å². The summed E-state index contributed by atoms with van der Waals surface area (Å²) >= 11 is 0. The number of anilines is 1. The minimum atomic E-state index is -3.25. The van der Waals surface area contributed by atoms with Crippen LogP contribution in [0.3, 0.4) is 0 Å². The molecule has 2 aromatic carbocycles. The average Bonchev–Trinajstić information content (AvgIpc) is 3.95. The Morgan fingerprint density at radius 1 is 1.00 bits per heavy atom. The summed E-state index contributed by atoms with van der Waals surface area (Å²) in [5.74, 6) is -3.35. The van der Waals surface area contributed by atoms with Gasteiger partial charge >= 0.3 is 17.9 Å². The molecular formula is C46H56N4O10. The Hall–Kier alpha value is -4.76. The number of esters is 3. The number of aliphatic hydroxyl groups is 2. The third-order valence-corrected chi connectivity index (χ3v) is 15.4. The Labute approximate surface area is 354 Å². The van der Waals surface area contributed by atoms with E-state index in [4.69, 9.17) is 23.1 Å². The number of aromatic amines is 1. The van der Waals surface area contributed by atoms with Gasteiger partial charge in [-0.1, -0.05) is 44.2 Å². The van der Waals surface area contributed by atoms with Gasteiger partial charge in [-0.15, -0.1) is 0 Å². The Kier molecular flexibility index (Phi) is 8.73. The number of rotatable bonds is 8. The molecule has 14 nitrogen and oxygen atoms in total. The molecule has 9 rings (SSSR count). The standard InChI is InChI=1S/C46H56N4O10/c1-7-42(55)22-28-23-45(40(53)58-5,36-30(14-18-48(24-28)25-42)29-12-9-10-13-33(29)47-36)32-20-31-34(21-35(32)57-4)50(26-51)38-44(31)16-19-49-17-11-15-43(8-2,37(44)49)39(60-27(3)52)46(38,56)41(54)59-6/h9-13,15,20-21,26,28,37-39,47,55-56H,7-8,14,16-19,22-25H2,1-6H3/t28-,37+,38-,39-,42+,43+,44+,45+,46?/m1/s1/i3D3. The molecule has 1 aromatic heterocycles. The van der Waals surface area contributed by atoms with Crippen molar-refractivity contribution in [3.05, 3.63) is 70.9 Å². The van der Waals surface area contributed by atoms with Crippen molar-refractivity contribution in [3.63, 3.8) is 0 Å². The maximum absolute atomic E-state index is 15.4. The van der Waals surface area contributed by atoms with Crippen LogP contribution < -0.4 is 9.64 Å². The van der Waals surface area contributed by atoms with Crippen LogP contribution in [-0.4, -0.2) is 133 Å². The molecule has 6 aliphatic rings. The molecule has 3 N–H and O–H groups in total. The van der Waals surface area contributed by atoms with E-state index >= 15 is 4.79 Å². The number of nitrogens with one attached hydrogen (secondary N) is 1. The molecule has 60 heavy (non-hydrogen) atoms. The first kappa shape index (κ1) is 37.0. The van der Waals surface area contributed by atoms with Crippen LogP contribution in [0.4, 0.5) is 5.69 Å². The van der Waals surface area contributed by atoms with Gasteiger partial charge in [0.05, 0.1) is 38.7 Å². The lowest BCUT2D eigenvalue weighted by Gasteiger charge is -2.63. The Morgan fingerprint density at radius 3 is 2.48 bits per heavy atom. The fraction of sp³-hybridized carbons (Fsp3) is 0.565. The fourth-order valence-electron chi connectivity index (χ4n) is 13.3. The first-order valence-corrected chi connectivity index (χ1v) is 21.0. The Bertz CT molecular complexity index is 2420. The predicted octanol–water partition coefficient (Wildman–Crippen LogP) is 3.52. The average molecular weight is 828 g/mol. The fourth-order valence-corrected chi connectivity index (χ4v) is 13.3. The summed E-state index contributed by atoms with van der Waals surface area (Å²) in [6.07, 6.45) is 4.56. The summed E-state index contributed by atoms with van der Waals surface area (Å²) < 4.78 is 47.2. The van der Waals surface area contributed by atoms with Gasteiger partial charge in [0.15, 0.2) is 6.10 Å². The maximum atomic E-state index is 15.4. The molecule has 2 unspecified atom stereocenters. The van der Waals surface area contributed by atoms with Crippen LogP contribution in [-0.2, 0) is 50.6 Å². The molecule has 3 aromatic rings. The number of fused-ring (bicyclic) bond motifs is 6. The van der Waals surface area contributed by atoms with E-state index in [2.05, 4.69) is 14.8 Å². The minimum absolute atomic E-state index is 0.180. The highest BCUT2D eigenvalue weighted by atomic mass is 16.6. The number of amides is 1. The molecule has 14 heteroatoms. The number of carbonyl (C=O) groups excluding carboxylic acids is 4. The number of hydrogen-bond donors (Lipinski definition) is 3. The number of methoxy groups -OCH3 is 3. The number of hydrogen-bond acceptors (Lipinski definition) is 12. The van der Waals surface area contributed by atoms with Crippen LogP contribution in [0.1, 0.15) is 79.3 Å². The summed E-state index contributed by atoms with van der Waals surface area (Å²) in [7, 11) is 3.91. The van der Waals surface area contributed by atoms with E-state index in [1.54, 1.807) is 6.07 Å². The second-order valence-electron chi connectivity index (χ2n) is 17.9. The maximum Gasteiger partial charge on any atom is 0.344 e. The van der Waals surface area contributed by atoms with Gasteiger partial charge in [0.1, 0.15) is 11.2 Å². The van der Waals surface area contributed by atoms with Crippen LogP contribution in [0.25, 0.3) is 10.9 Å². The van der Waals surface area contributed by atoms with Crippen LogP contribution in [0.2, 0.25) is 0 Å². The number of aromatic nitrogens is 1. The molecule has 320 valence electrons. The third kappa shape index (κ3) is 5.19. The molecule has 1 amide bonds. The quantitative estimate of drug-likeness (QED) is 0.131. The summed E-state index contributed by atoms with van der Waals surface area (Å²) in [5.41, 5.74) is -4.43. The van der Waals surface area contributed by atoms with Crippen molar-refractivity contribution in [2.24, 2.45) is 11.3 Å². The molecule has 5 aliphatic heterocycles. The van der Waals surface area contributed by atoms with E-state index in [-0.39, 0.29) is 24.5 Å². The Balaban J connectivity index is 1.37. The van der Waals surface area contributed by atoms with Crippen molar-refractivity contribution in [3.8, 4) is 5.75 Å². The highest BCUT2D eigenvalue weighted by Crippen LogP contribution is 2.68. The van der Waals surface area contributed by atoms with Crippen molar-refractivity contribution < 1.29 is 52.5 Å². The molecule has 6 heterocycles. The number of para-hydroxylation sites is 1. The zero-order valence-electron chi connectivity index (χ0n) is 37.8. The summed E-state index contributed by atoms with van der Waals surface area (Å²) in [6, 6.07) is 9.28. The smallest absolute Gasteiger partial charge is 0.344 e. The van der Waals surface area contributed by atoms with E-state index in [9.17, 15) is 24.6 Å². The van der Waals surface area contributed by atoms with Gasteiger partial charge in [0.25, 0.3) is 0 Å². The van der Waals surface area contributed by atoms with Crippen LogP contribution in [0, 0.1) is 11.3 Å². The second kappa shape index (κ2) is 14.1. The molecule has 2 bridgehead atoms. The van der Waals surface area contributed by atoms with Gasteiger partial charge in [-0.05, 0) is 74.2 Å². The van der Waals surface area contributed by atoms with E-state index in [0.717, 1.165) is 23.6 Å². The van der Waals surface area contributed by atoms with E-state index in [1.165, 1.54) is 19.1 Å². The number of piperidine rings is 1. The van der Waals surface area contributed by atoms with Crippen molar-refractivity contribution >= 4 is 40.9 Å². The SMILES string of the molecule is [2H]C([2H])([2H])C(=O)O[C@H]1C(O)(C(=O)OC)[C@@H]2N(C=O)c3cc(OC)c([C@@]4(C(=O)OC)C[C@@H]5CN(CCc6c4[nH]c4ccccc64)C[C@](O)(CC)C5)cc3[C@]23CCN2CC=C[C@@]1(CC)[C@H]23. The number of nitrogens with zero attached hydrogens (tertiary/aromatic N) is 3. The van der Waals surface area contributed by atoms with Crippen molar-refractivity contribution in [2.75, 3.05) is 59.0 Å². The van der Waals surface area contributed by atoms with E-state index in [1.807, 2.05) is 56.3 Å². The molecule has 10 atom stereocenters. The van der Waals surface area contributed by atoms with Crippen molar-refractivity contribution in [2.45, 2.75) is 99.4 Å². The predicted molar refractivity (Wildman–Crippen MR) is 221 cm³/mol. The lowest BCUT2D eigenvalue weighted by Crippen LogP contribution is -2.81. The van der Waals surface area contributed by atoms with Crippen molar-refractivity contribution in [1.82, 2.24) is 14.8 Å². The lowest BCUT2D eigenvalue weighted by atomic mass is 9.47. The van der Waals surface area contributed by atoms with Crippen LogP contribution in [0.5, 0.6) is 5.75 Å². The van der Waals surface area contributed by atoms with Gasteiger partial charge in [-0.2, -0.15) is 0 Å². The van der Waals surface area contributed by atoms with Gasteiger partial charge in [-0.25, -0.2) is 4.79 Å². The largest absolute Gasteiger partial charge is 0.496 e. The van der Waals surface area contributed by atoms with E-state index in [0.29, 0.717) is 87.3 Å². The molecule has 1 spiro atoms. The summed E-state index contributed by atoms with van der Waals surface area (Å²) in [6.45, 7) is 3.17. The van der Waals surface area contributed by atoms with Crippen LogP contribution >= 0.6 is 0 Å². The number of ether oxygens (including phenoxy) is 4. The minimum Gasteiger partial charge on any atom is -0.496 e. The highest BCUT2D eigenvalue weighted by molar-refractivity contribution is 5.96. The summed E-state index contributed by atoms with van der Waals surface area (Å²) in [5, 5.41) is 26.3. The van der Waals surface area contributed by atoms with Gasteiger partial charge < -0.3 is 39.0 Å². The molecule has 0 radical (unpaired) electrons. The van der Waals surface area contributed by atoms with Gasteiger partial charge in [-0.3, -0.25) is 24.2 Å². The zero-order valence-corrected chi connectivity index (χ0v) is 34.8. The molecule has 1 aliphatic carbocycles. The van der Waals surface area contributed by atoms with Gasteiger partial charge in [0.2, 0.25) is 12.0 Å². The zero-order chi connectivity index (χ0) is 45.1. The van der Waals surface area contributed by atoms with Crippen molar-refractivity contribution in [1.29, 1.82) is 0 Å². The molecule has 2 saturated heterocycles. The van der Waals surface area contributed by atoms with Gasteiger partial charge in [0, 0.05) is 82.2 Å². The number of benzene rings is 2. The molecule has 3 fully saturated rings. The lowest BCUT2D eigenvalue weighted by molar-refractivity contribution is -0.228. The monoisotopic (exact) mass is 827 g/mol. The molecular weight excluding hydrogens is 769 g/mol. The highest BCUT2D eigenvalue weighted by Gasteiger charge is 2.81. The van der Waals surface area contributed by atoms with Crippen LogP contribution in [0.15, 0.2) is 48.6 Å². The third-order valence-electron chi connectivity index (χ3n) is 15.4. The normalized spacial score (nSPS) is 37.4. The molecule has 1 saturated carbocycles.